The standard InChI is InChI=1S/C16H16F2N3O5S.Na/c1-24-13-5-6-21(22)12(14(13)25-2)8-27(23)16-19-10-4-3-9(26-15(17)18)7-11(10)20-16;/h3-7,15,22H,8H2,1-2H3,(H,19,20);/q2*+1. The molecular weight excluding hydrogens is 407 g/mol. The number of imidazole rings is 1. The van der Waals surface area contributed by atoms with Crippen molar-refractivity contribution in [3.63, 3.8) is 0 Å². The molecule has 8 nitrogen and oxygen atoms in total. The number of methoxy groups -OCH3 is 2. The topological polar surface area (TPSA) is 97.5 Å². The van der Waals surface area contributed by atoms with Crippen LogP contribution in [0.25, 0.3) is 11.0 Å². The molecule has 0 fully saturated rings. The maximum atomic E-state index is 12.7. The van der Waals surface area contributed by atoms with Crippen LogP contribution in [-0.2, 0) is 16.6 Å². The van der Waals surface area contributed by atoms with E-state index in [1.807, 2.05) is 0 Å². The third-order valence-electron chi connectivity index (χ3n) is 3.69. The summed E-state index contributed by atoms with van der Waals surface area (Å²) in [5.41, 5.74) is 1.05. The summed E-state index contributed by atoms with van der Waals surface area (Å²) >= 11 is 0. The van der Waals surface area contributed by atoms with Gasteiger partial charge in [0.25, 0.3) is 5.69 Å². The first-order valence-corrected chi connectivity index (χ1v) is 8.92. The minimum Gasteiger partial charge on any atom is -0.492 e. The second kappa shape index (κ2) is 9.50. The first-order valence-electron chi connectivity index (χ1n) is 7.60. The van der Waals surface area contributed by atoms with E-state index in [4.69, 9.17) is 9.47 Å². The first-order chi connectivity index (χ1) is 12.9. The van der Waals surface area contributed by atoms with E-state index in [1.54, 1.807) is 0 Å². The predicted octanol–water partition coefficient (Wildman–Crippen LogP) is -0.982. The zero-order chi connectivity index (χ0) is 19.6. The summed E-state index contributed by atoms with van der Waals surface area (Å²) in [6.45, 7) is -2.94. The van der Waals surface area contributed by atoms with Gasteiger partial charge in [-0.15, -0.1) is 0 Å². The SMILES string of the molecule is COc1cc[n+](O)c(CS(=O)c2nc3ccc(OC(F)F)cc3[nH]2)c1OC.[Na+]. The number of H-pyrrole nitrogens is 1. The molecule has 2 N–H and O–H groups in total. The molecule has 1 atom stereocenters. The van der Waals surface area contributed by atoms with Crippen LogP contribution in [0.3, 0.4) is 0 Å². The number of pyridine rings is 1. The summed E-state index contributed by atoms with van der Waals surface area (Å²) in [4.78, 5) is 7.01. The Labute approximate surface area is 183 Å². The molecular formula is C16H16F2N3NaO5S+2. The molecule has 3 rings (SSSR count). The average Bonchev–Trinajstić information content (AvgIpc) is 3.06. The average molecular weight is 423 g/mol. The number of rotatable bonds is 7. The maximum Gasteiger partial charge on any atom is 1.00 e. The Morgan fingerprint density at radius 3 is 2.68 bits per heavy atom. The van der Waals surface area contributed by atoms with E-state index in [2.05, 4.69) is 14.7 Å². The number of aromatic nitrogens is 3. The fourth-order valence-electron chi connectivity index (χ4n) is 2.50. The molecule has 0 spiro atoms. The molecule has 1 aromatic carbocycles. The van der Waals surface area contributed by atoms with Crippen molar-refractivity contribution in [1.29, 1.82) is 0 Å². The smallest absolute Gasteiger partial charge is 0.492 e. The maximum absolute atomic E-state index is 12.7. The van der Waals surface area contributed by atoms with Crippen molar-refractivity contribution in [3.8, 4) is 17.2 Å². The molecule has 2 aromatic heterocycles. The normalized spacial score (nSPS) is 11.9. The predicted molar refractivity (Wildman–Crippen MR) is 89.8 cm³/mol. The molecule has 0 bridgehead atoms. The van der Waals surface area contributed by atoms with Crippen molar-refractivity contribution in [2.24, 2.45) is 0 Å². The summed E-state index contributed by atoms with van der Waals surface area (Å²) in [7, 11) is 1.15. The molecule has 3 aromatic rings. The first kappa shape index (κ1) is 22.3. The molecule has 2 heterocycles. The molecule has 28 heavy (non-hydrogen) atoms. The summed E-state index contributed by atoms with van der Waals surface area (Å²) in [5, 5.41) is 10.1. The Bertz CT molecular complexity index is 1000. The van der Waals surface area contributed by atoms with E-state index in [1.165, 1.54) is 44.7 Å². The summed E-state index contributed by atoms with van der Waals surface area (Å²) in [6.07, 6.45) is 1.33. The minimum atomic E-state index is -2.94. The van der Waals surface area contributed by atoms with Crippen LogP contribution < -0.4 is 48.5 Å². The van der Waals surface area contributed by atoms with E-state index in [0.29, 0.717) is 16.8 Å². The van der Waals surface area contributed by atoms with Crippen LogP contribution in [0.15, 0.2) is 35.6 Å². The Balaban J connectivity index is 0.00000280. The molecule has 144 valence electrons. The van der Waals surface area contributed by atoms with Gasteiger partial charge in [0, 0.05) is 10.8 Å². The molecule has 0 aliphatic heterocycles. The second-order valence-electron chi connectivity index (χ2n) is 5.30. The molecule has 0 aliphatic rings. The van der Waals surface area contributed by atoms with Crippen LogP contribution in [-0.4, -0.2) is 40.2 Å². The quantitative estimate of drug-likeness (QED) is 0.288. The fourth-order valence-corrected chi connectivity index (χ4v) is 3.58. The Morgan fingerprint density at radius 2 is 2.04 bits per heavy atom. The van der Waals surface area contributed by atoms with Crippen LogP contribution in [0.5, 0.6) is 17.2 Å². The van der Waals surface area contributed by atoms with E-state index in [0.717, 1.165) is 4.73 Å². The Morgan fingerprint density at radius 1 is 1.29 bits per heavy atom. The van der Waals surface area contributed by atoms with Crippen molar-refractivity contribution in [1.82, 2.24) is 9.97 Å². The third-order valence-corrected chi connectivity index (χ3v) is 4.85. The molecule has 0 saturated carbocycles. The van der Waals surface area contributed by atoms with Gasteiger partial charge in [-0.2, -0.15) is 8.78 Å². The zero-order valence-electron chi connectivity index (χ0n) is 15.3. The van der Waals surface area contributed by atoms with E-state index >= 15 is 0 Å². The number of hydrogen-bond donors (Lipinski definition) is 2. The molecule has 1 unspecified atom stereocenters. The molecule has 0 radical (unpaired) electrons. The van der Waals surface area contributed by atoms with Gasteiger partial charge in [-0.05, 0) is 12.1 Å². The van der Waals surface area contributed by atoms with Gasteiger partial charge in [-0.25, -0.2) is 4.98 Å². The van der Waals surface area contributed by atoms with Crippen molar-refractivity contribution in [2.75, 3.05) is 14.2 Å². The summed E-state index contributed by atoms with van der Waals surface area (Å²) in [6, 6.07) is 5.65. The largest absolute Gasteiger partial charge is 1.00 e. The molecule has 0 saturated heterocycles. The van der Waals surface area contributed by atoms with Gasteiger partial charge in [0.1, 0.15) is 22.3 Å². The number of alkyl halides is 2. The van der Waals surface area contributed by atoms with Gasteiger partial charge in [0.2, 0.25) is 11.9 Å². The van der Waals surface area contributed by atoms with E-state index in [-0.39, 0.29) is 57.7 Å². The van der Waals surface area contributed by atoms with Crippen LogP contribution in [0, 0.1) is 0 Å². The van der Waals surface area contributed by atoms with Crippen molar-refractivity contribution in [3.05, 3.63) is 36.2 Å². The van der Waals surface area contributed by atoms with Gasteiger partial charge in [0.05, 0.1) is 31.3 Å². The van der Waals surface area contributed by atoms with Crippen molar-refractivity contribution in [2.45, 2.75) is 17.5 Å². The van der Waals surface area contributed by atoms with E-state index in [9.17, 15) is 18.2 Å². The van der Waals surface area contributed by atoms with Crippen LogP contribution in [0.1, 0.15) is 5.69 Å². The number of benzene rings is 1. The van der Waals surface area contributed by atoms with Gasteiger partial charge in [-0.1, -0.05) is 0 Å². The fraction of sp³-hybridized carbons (Fsp3) is 0.250. The number of hydrogen-bond acceptors (Lipinski definition) is 6. The number of nitrogens with zero attached hydrogens (tertiary/aromatic N) is 2. The number of ether oxygens (including phenoxy) is 3. The summed E-state index contributed by atoms with van der Waals surface area (Å²) in [5.74, 6) is 0.436. The van der Waals surface area contributed by atoms with Crippen LogP contribution in [0.2, 0.25) is 0 Å². The Kier molecular flexibility index (Phi) is 7.58. The zero-order valence-corrected chi connectivity index (χ0v) is 18.1. The summed E-state index contributed by atoms with van der Waals surface area (Å²) < 4.78 is 52.9. The Hall–Kier alpha value is -1.95. The number of halogens is 2. The molecule has 0 amide bonds. The van der Waals surface area contributed by atoms with Crippen molar-refractivity contribution < 1.29 is 66.7 Å². The minimum absolute atomic E-state index is 0. The van der Waals surface area contributed by atoms with Crippen LogP contribution >= 0.6 is 0 Å². The molecule has 0 aliphatic carbocycles. The van der Waals surface area contributed by atoms with Gasteiger partial charge < -0.3 is 19.2 Å². The number of aromatic amines is 1. The van der Waals surface area contributed by atoms with E-state index < -0.39 is 17.4 Å². The monoisotopic (exact) mass is 423 g/mol. The number of nitrogens with one attached hydrogen (secondary N) is 1. The van der Waals surface area contributed by atoms with Gasteiger partial charge in [0.15, 0.2) is 10.9 Å². The number of fused-ring (bicyclic) bond motifs is 1. The van der Waals surface area contributed by atoms with Crippen molar-refractivity contribution >= 4 is 21.8 Å². The third kappa shape index (κ3) is 4.72. The van der Waals surface area contributed by atoms with Crippen LogP contribution in [0.4, 0.5) is 8.78 Å². The molecule has 12 heteroatoms. The van der Waals surface area contributed by atoms with Gasteiger partial charge >= 0.3 is 36.2 Å². The second-order valence-corrected chi connectivity index (χ2v) is 6.66. The van der Waals surface area contributed by atoms with Gasteiger partial charge in [-0.3, -0.25) is 9.42 Å².